The molecular formula is C18H18N2O. The van der Waals surface area contributed by atoms with Crippen molar-refractivity contribution in [2.75, 3.05) is 0 Å². The largest absolute Gasteiger partial charge is 0.348 e. The maximum atomic E-state index is 12.3. The van der Waals surface area contributed by atoms with Crippen LogP contribution in [0.4, 0.5) is 0 Å². The molecule has 0 saturated carbocycles. The molecule has 2 rings (SSSR count). The molecule has 0 aromatic heterocycles. The Bertz CT molecular complexity index is 641. The third-order valence-corrected chi connectivity index (χ3v) is 3.46. The molecule has 0 saturated heterocycles. The summed E-state index contributed by atoms with van der Waals surface area (Å²) < 4.78 is 0. The van der Waals surface area contributed by atoms with Crippen molar-refractivity contribution in [3.8, 4) is 6.07 Å². The predicted molar refractivity (Wildman–Crippen MR) is 82.5 cm³/mol. The molecule has 2 aromatic rings. The van der Waals surface area contributed by atoms with Crippen LogP contribution in [0.25, 0.3) is 0 Å². The molecule has 0 aliphatic heterocycles. The topological polar surface area (TPSA) is 52.9 Å². The number of carbonyl (C=O) groups excluding carboxylic acids is 1. The van der Waals surface area contributed by atoms with Crippen LogP contribution in [0.2, 0.25) is 0 Å². The van der Waals surface area contributed by atoms with Gasteiger partial charge in [0, 0.05) is 0 Å². The first-order valence-electron chi connectivity index (χ1n) is 6.93. The number of nitrogens with one attached hydrogen (secondary N) is 1. The van der Waals surface area contributed by atoms with Gasteiger partial charge in [-0.05, 0) is 25.0 Å². The lowest BCUT2D eigenvalue weighted by Gasteiger charge is -2.17. The van der Waals surface area contributed by atoms with Crippen molar-refractivity contribution in [2.24, 2.45) is 0 Å². The molecule has 1 amide bonds. The van der Waals surface area contributed by atoms with Crippen LogP contribution in [-0.2, 0) is 4.79 Å². The maximum absolute atomic E-state index is 12.3. The van der Waals surface area contributed by atoms with Crippen LogP contribution in [0.15, 0.2) is 54.6 Å². The molecule has 2 atom stereocenters. The second-order valence-corrected chi connectivity index (χ2v) is 5.11. The van der Waals surface area contributed by atoms with E-state index < -0.39 is 5.92 Å². The van der Waals surface area contributed by atoms with Crippen molar-refractivity contribution < 1.29 is 4.79 Å². The smallest absolute Gasteiger partial charge is 0.242 e. The van der Waals surface area contributed by atoms with E-state index in [1.54, 1.807) is 12.1 Å². The van der Waals surface area contributed by atoms with Gasteiger partial charge in [0.05, 0.1) is 12.1 Å². The standard InChI is InChI=1S/C18H18N2O/c1-13-8-10-15(11-9-13)14(2)20-18(21)17(12-19)16-6-4-3-5-7-16/h3-11,14,17H,1-2H3,(H,20,21). The molecule has 0 fully saturated rings. The predicted octanol–water partition coefficient (Wildman–Crippen LogP) is 3.48. The lowest BCUT2D eigenvalue weighted by atomic mass is 9.99. The van der Waals surface area contributed by atoms with Gasteiger partial charge < -0.3 is 5.32 Å². The van der Waals surface area contributed by atoms with Crippen LogP contribution in [-0.4, -0.2) is 5.91 Å². The summed E-state index contributed by atoms with van der Waals surface area (Å²) in [4.78, 5) is 12.3. The molecular weight excluding hydrogens is 260 g/mol. The third-order valence-electron chi connectivity index (χ3n) is 3.46. The third kappa shape index (κ3) is 3.70. The lowest BCUT2D eigenvalue weighted by molar-refractivity contribution is -0.122. The fourth-order valence-electron chi connectivity index (χ4n) is 2.17. The van der Waals surface area contributed by atoms with E-state index in [0.717, 1.165) is 5.56 Å². The van der Waals surface area contributed by atoms with Crippen molar-refractivity contribution in [3.05, 3.63) is 71.3 Å². The van der Waals surface area contributed by atoms with Crippen LogP contribution >= 0.6 is 0 Å². The zero-order valence-electron chi connectivity index (χ0n) is 12.2. The number of hydrogen-bond acceptors (Lipinski definition) is 2. The zero-order valence-corrected chi connectivity index (χ0v) is 12.2. The number of rotatable bonds is 4. The molecule has 106 valence electrons. The molecule has 0 bridgehead atoms. The minimum absolute atomic E-state index is 0.127. The molecule has 3 heteroatoms. The van der Waals surface area contributed by atoms with E-state index in [1.807, 2.05) is 56.3 Å². The number of carbonyl (C=O) groups is 1. The van der Waals surface area contributed by atoms with Gasteiger partial charge in [-0.15, -0.1) is 0 Å². The first-order chi connectivity index (χ1) is 10.1. The Hall–Kier alpha value is -2.60. The molecule has 21 heavy (non-hydrogen) atoms. The SMILES string of the molecule is Cc1ccc(C(C)NC(=O)C(C#N)c2ccccc2)cc1. The molecule has 2 aromatic carbocycles. The summed E-state index contributed by atoms with van der Waals surface area (Å²) >= 11 is 0. The summed E-state index contributed by atoms with van der Waals surface area (Å²) in [5.41, 5.74) is 2.92. The van der Waals surface area contributed by atoms with Crippen molar-refractivity contribution in [1.82, 2.24) is 5.32 Å². The second-order valence-electron chi connectivity index (χ2n) is 5.11. The van der Waals surface area contributed by atoms with E-state index in [9.17, 15) is 10.1 Å². The van der Waals surface area contributed by atoms with Crippen LogP contribution < -0.4 is 5.32 Å². The Morgan fingerprint density at radius 1 is 1.05 bits per heavy atom. The molecule has 0 aliphatic carbocycles. The quantitative estimate of drug-likeness (QED) is 0.930. The average molecular weight is 278 g/mol. The number of amides is 1. The van der Waals surface area contributed by atoms with Crippen LogP contribution in [0.3, 0.4) is 0 Å². The normalized spacial score (nSPS) is 13.0. The second kappa shape index (κ2) is 6.71. The fourth-order valence-corrected chi connectivity index (χ4v) is 2.17. The van der Waals surface area contributed by atoms with Gasteiger partial charge in [-0.2, -0.15) is 5.26 Å². The highest BCUT2D eigenvalue weighted by molar-refractivity contribution is 5.86. The van der Waals surface area contributed by atoms with E-state index in [4.69, 9.17) is 0 Å². The van der Waals surface area contributed by atoms with Gasteiger partial charge in [-0.3, -0.25) is 4.79 Å². The van der Waals surface area contributed by atoms with Gasteiger partial charge in [0.25, 0.3) is 0 Å². The van der Waals surface area contributed by atoms with E-state index >= 15 is 0 Å². The van der Waals surface area contributed by atoms with Crippen molar-refractivity contribution in [3.63, 3.8) is 0 Å². The van der Waals surface area contributed by atoms with Gasteiger partial charge in [0.15, 0.2) is 0 Å². The molecule has 0 radical (unpaired) electrons. The Balaban J connectivity index is 2.09. The Labute approximate surface area is 125 Å². The summed E-state index contributed by atoms with van der Waals surface area (Å²) in [6, 6.07) is 19.1. The van der Waals surface area contributed by atoms with Crippen molar-refractivity contribution in [1.29, 1.82) is 5.26 Å². The van der Waals surface area contributed by atoms with Gasteiger partial charge in [-0.25, -0.2) is 0 Å². The van der Waals surface area contributed by atoms with E-state index in [2.05, 4.69) is 11.4 Å². The lowest BCUT2D eigenvalue weighted by Crippen LogP contribution is -2.31. The number of aryl methyl sites for hydroxylation is 1. The molecule has 3 nitrogen and oxygen atoms in total. The highest BCUT2D eigenvalue weighted by Gasteiger charge is 2.21. The molecule has 2 unspecified atom stereocenters. The molecule has 0 spiro atoms. The van der Waals surface area contributed by atoms with E-state index in [1.165, 1.54) is 5.56 Å². The van der Waals surface area contributed by atoms with Crippen LogP contribution in [0.5, 0.6) is 0 Å². The number of nitriles is 1. The highest BCUT2D eigenvalue weighted by Crippen LogP contribution is 2.18. The van der Waals surface area contributed by atoms with Crippen molar-refractivity contribution in [2.45, 2.75) is 25.8 Å². The first kappa shape index (κ1) is 14.8. The maximum Gasteiger partial charge on any atom is 0.242 e. The number of nitrogens with zero attached hydrogens (tertiary/aromatic N) is 1. The average Bonchev–Trinajstić information content (AvgIpc) is 2.49. The Morgan fingerprint density at radius 3 is 2.24 bits per heavy atom. The van der Waals surface area contributed by atoms with Crippen LogP contribution in [0, 0.1) is 18.3 Å². The number of hydrogen-bond donors (Lipinski definition) is 1. The van der Waals surface area contributed by atoms with E-state index in [0.29, 0.717) is 5.56 Å². The summed E-state index contributed by atoms with van der Waals surface area (Å²) in [5.74, 6) is -1.05. The van der Waals surface area contributed by atoms with Gasteiger partial charge >= 0.3 is 0 Å². The summed E-state index contributed by atoms with van der Waals surface area (Å²) in [6.07, 6.45) is 0. The monoisotopic (exact) mass is 278 g/mol. The molecule has 0 heterocycles. The number of benzene rings is 2. The first-order valence-corrected chi connectivity index (χ1v) is 6.93. The highest BCUT2D eigenvalue weighted by atomic mass is 16.1. The van der Waals surface area contributed by atoms with Gasteiger partial charge in [0.1, 0.15) is 5.92 Å². The Kier molecular flexibility index (Phi) is 4.73. The van der Waals surface area contributed by atoms with E-state index in [-0.39, 0.29) is 11.9 Å². The summed E-state index contributed by atoms with van der Waals surface area (Å²) in [7, 11) is 0. The summed E-state index contributed by atoms with van der Waals surface area (Å²) in [6.45, 7) is 3.94. The zero-order chi connectivity index (χ0) is 15.2. The van der Waals surface area contributed by atoms with Crippen molar-refractivity contribution >= 4 is 5.91 Å². The fraction of sp³-hybridized carbons (Fsp3) is 0.222. The Morgan fingerprint density at radius 2 is 1.67 bits per heavy atom. The minimum atomic E-state index is -0.779. The van der Waals surface area contributed by atoms with Crippen LogP contribution in [0.1, 0.15) is 35.6 Å². The van der Waals surface area contributed by atoms with Gasteiger partial charge in [0.2, 0.25) is 5.91 Å². The molecule has 1 N–H and O–H groups in total. The summed E-state index contributed by atoms with van der Waals surface area (Å²) in [5, 5.41) is 12.2. The molecule has 0 aliphatic rings. The minimum Gasteiger partial charge on any atom is -0.348 e. The van der Waals surface area contributed by atoms with Gasteiger partial charge in [-0.1, -0.05) is 60.2 Å².